The topological polar surface area (TPSA) is 36.8 Å². The SMILES string of the molecule is O=C1C=C(NC2CCCCC2)C2(CC[NH+](Cc3ccccc3)CC2)N1c1cccc(F)c1. The highest BCUT2D eigenvalue weighted by Gasteiger charge is 2.51. The monoisotopic (exact) mass is 434 g/mol. The highest BCUT2D eigenvalue weighted by atomic mass is 19.1. The van der Waals surface area contributed by atoms with Gasteiger partial charge in [0.05, 0.1) is 18.6 Å². The van der Waals surface area contributed by atoms with Crippen LogP contribution in [0.25, 0.3) is 0 Å². The van der Waals surface area contributed by atoms with Gasteiger partial charge < -0.3 is 10.2 Å². The summed E-state index contributed by atoms with van der Waals surface area (Å²) in [4.78, 5) is 16.7. The molecule has 0 aromatic heterocycles. The molecule has 2 heterocycles. The van der Waals surface area contributed by atoms with E-state index in [9.17, 15) is 9.18 Å². The van der Waals surface area contributed by atoms with Crippen LogP contribution in [0, 0.1) is 5.82 Å². The second kappa shape index (κ2) is 9.07. The van der Waals surface area contributed by atoms with Gasteiger partial charge in [-0.3, -0.25) is 9.69 Å². The summed E-state index contributed by atoms with van der Waals surface area (Å²) in [6.07, 6.45) is 9.66. The molecule has 1 amide bonds. The Morgan fingerprint density at radius 3 is 2.47 bits per heavy atom. The number of piperidine rings is 1. The van der Waals surface area contributed by atoms with Crippen molar-refractivity contribution < 1.29 is 14.1 Å². The molecule has 4 nitrogen and oxygen atoms in total. The third kappa shape index (κ3) is 4.18. The van der Waals surface area contributed by atoms with Gasteiger partial charge in [0, 0.05) is 41.9 Å². The van der Waals surface area contributed by atoms with Crippen LogP contribution in [0.4, 0.5) is 10.1 Å². The highest BCUT2D eigenvalue weighted by molar-refractivity contribution is 6.07. The van der Waals surface area contributed by atoms with Crippen molar-refractivity contribution in [1.29, 1.82) is 0 Å². The Labute approximate surface area is 190 Å². The molecule has 1 aliphatic carbocycles. The second-order valence-corrected chi connectivity index (χ2v) is 9.63. The molecule has 1 spiro atoms. The predicted octanol–water partition coefficient (Wildman–Crippen LogP) is 3.60. The van der Waals surface area contributed by atoms with E-state index in [1.54, 1.807) is 12.1 Å². The zero-order valence-corrected chi connectivity index (χ0v) is 18.7. The number of anilines is 1. The molecule has 2 aromatic carbocycles. The molecular weight excluding hydrogens is 401 g/mol. The zero-order chi connectivity index (χ0) is 22.0. The lowest BCUT2D eigenvalue weighted by Crippen LogP contribution is -3.12. The van der Waals surface area contributed by atoms with Crippen molar-refractivity contribution in [3.8, 4) is 0 Å². The largest absolute Gasteiger partial charge is 0.384 e. The number of benzene rings is 2. The van der Waals surface area contributed by atoms with Gasteiger partial charge in [0.15, 0.2) is 0 Å². The van der Waals surface area contributed by atoms with E-state index in [2.05, 4.69) is 35.6 Å². The Balaban J connectivity index is 1.40. The van der Waals surface area contributed by atoms with Crippen LogP contribution in [0.1, 0.15) is 50.5 Å². The fourth-order valence-electron chi connectivity index (χ4n) is 5.86. The van der Waals surface area contributed by atoms with E-state index in [0.717, 1.165) is 51.0 Å². The van der Waals surface area contributed by atoms with Crippen LogP contribution in [0.2, 0.25) is 0 Å². The van der Waals surface area contributed by atoms with Crippen molar-refractivity contribution in [2.24, 2.45) is 0 Å². The molecular formula is C27H33FN3O+. The molecule has 3 aliphatic rings. The number of nitrogens with zero attached hydrogens (tertiary/aromatic N) is 1. The van der Waals surface area contributed by atoms with Crippen molar-refractivity contribution in [3.63, 3.8) is 0 Å². The van der Waals surface area contributed by atoms with Gasteiger partial charge in [-0.1, -0.05) is 55.7 Å². The number of likely N-dealkylation sites (tertiary alicyclic amines) is 1. The summed E-state index contributed by atoms with van der Waals surface area (Å²) in [6, 6.07) is 17.6. The van der Waals surface area contributed by atoms with Crippen LogP contribution in [-0.4, -0.2) is 30.6 Å². The highest BCUT2D eigenvalue weighted by Crippen LogP contribution is 2.41. The van der Waals surface area contributed by atoms with Crippen LogP contribution in [0.3, 0.4) is 0 Å². The van der Waals surface area contributed by atoms with E-state index in [0.29, 0.717) is 11.7 Å². The number of carbonyl (C=O) groups excluding carboxylic acids is 1. The quantitative estimate of drug-likeness (QED) is 0.755. The van der Waals surface area contributed by atoms with Gasteiger partial charge in [-0.25, -0.2) is 4.39 Å². The molecule has 5 rings (SSSR count). The average molecular weight is 435 g/mol. The lowest BCUT2D eigenvalue weighted by atomic mass is 9.82. The summed E-state index contributed by atoms with van der Waals surface area (Å²) in [5, 5.41) is 3.78. The molecule has 0 bridgehead atoms. The molecule has 0 radical (unpaired) electrons. The third-order valence-electron chi connectivity index (χ3n) is 7.53. The fourth-order valence-corrected chi connectivity index (χ4v) is 5.86. The molecule has 2 fully saturated rings. The first-order valence-corrected chi connectivity index (χ1v) is 12.1. The van der Waals surface area contributed by atoms with Crippen LogP contribution in [-0.2, 0) is 11.3 Å². The minimum atomic E-state index is -0.400. The number of hydrogen-bond donors (Lipinski definition) is 2. The van der Waals surface area contributed by atoms with Gasteiger partial charge in [-0.05, 0) is 31.0 Å². The predicted molar refractivity (Wildman–Crippen MR) is 125 cm³/mol. The van der Waals surface area contributed by atoms with Crippen LogP contribution < -0.4 is 15.1 Å². The molecule has 1 saturated heterocycles. The Hall–Kier alpha value is -2.66. The maximum Gasteiger partial charge on any atom is 0.253 e. The summed E-state index contributed by atoms with van der Waals surface area (Å²) < 4.78 is 14.1. The number of carbonyl (C=O) groups is 1. The van der Waals surface area contributed by atoms with E-state index in [4.69, 9.17) is 0 Å². The Bertz CT molecular complexity index is 975. The maximum absolute atomic E-state index is 14.1. The molecule has 168 valence electrons. The molecule has 2 aromatic rings. The standard InChI is InChI=1S/C27H32FN3O/c28-22-10-7-13-24(18-22)31-26(32)19-25(29-23-11-5-2-6-12-23)27(31)14-16-30(17-15-27)20-21-8-3-1-4-9-21/h1,3-4,7-10,13,18-19,23,29H,2,5-6,11-12,14-17,20H2/p+1. The third-order valence-corrected chi connectivity index (χ3v) is 7.53. The van der Waals surface area contributed by atoms with E-state index in [1.165, 1.54) is 41.9 Å². The average Bonchev–Trinajstić information content (AvgIpc) is 3.07. The molecule has 2 N–H and O–H groups in total. The normalized spacial score (nSPS) is 26.4. The first kappa shape index (κ1) is 21.2. The van der Waals surface area contributed by atoms with Crippen molar-refractivity contribution >= 4 is 11.6 Å². The number of quaternary nitrogens is 1. The number of nitrogens with one attached hydrogen (secondary N) is 2. The van der Waals surface area contributed by atoms with E-state index in [1.807, 2.05) is 11.0 Å². The number of rotatable bonds is 5. The lowest BCUT2D eigenvalue weighted by molar-refractivity contribution is -0.919. The lowest BCUT2D eigenvalue weighted by Gasteiger charge is -2.46. The summed E-state index contributed by atoms with van der Waals surface area (Å²) in [6.45, 7) is 2.97. The molecule has 1 saturated carbocycles. The fraction of sp³-hybridized carbons (Fsp3) is 0.444. The maximum atomic E-state index is 14.1. The molecule has 2 aliphatic heterocycles. The van der Waals surface area contributed by atoms with E-state index < -0.39 is 5.54 Å². The molecule has 32 heavy (non-hydrogen) atoms. The molecule has 0 unspecified atom stereocenters. The van der Waals surface area contributed by atoms with Gasteiger partial charge in [-0.15, -0.1) is 0 Å². The minimum absolute atomic E-state index is 0.0274. The number of amides is 1. The van der Waals surface area contributed by atoms with Crippen molar-refractivity contribution in [1.82, 2.24) is 5.32 Å². The van der Waals surface area contributed by atoms with Gasteiger partial charge in [0.1, 0.15) is 12.4 Å². The van der Waals surface area contributed by atoms with Crippen LogP contribution in [0.5, 0.6) is 0 Å². The summed E-state index contributed by atoms with van der Waals surface area (Å²) >= 11 is 0. The molecule has 0 atom stereocenters. The van der Waals surface area contributed by atoms with Crippen molar-refractivity contribution in [2.45, 2.75) is 63.1 Å². The van der Waals surface area contributed by atoms with Crippen molar-refractivity contribution in [2.75, 3.05) is 18.0 Å². The number of hydrogen-bond acceptors (Lipinski definition) is 2. The van der Waals surface area contributed by atoms with Crippen molar-refractivity contribution in [3.05, 3.63) is 77.8 Å². The first-order valence-electron chi connectivity index (χ1n) is 12.1. The zero-order valence-electron chi connectivity index (χ0n) is 18.7. The van der Waals surface area contributed by atoms with Gasteiger partial charge in [0.2, 0.25) is 0 Å². The summed E-state index contributed by atoms with van der Waals surface area (Å²) in [7, 11) is 0. The van der Waals surface area contributed by atoms with Gasteiger partial charge in [0.25, 0.3) is 5.91 Å². The summed E-state index contributed by atoms with van der Waals surface area (Å²) in [5.74, 6) is -0.327. The Morgan fingerprint density at radius 2 is 1.75 bits per heavy atom. The van der Waals surface area contributed by atoms with Gasteiger partial charge in [-0.2, -0.15) is 0 Å². The Kier molecular flexibility index (Phi) is 6.01. The summed E-state index contributed by atoms with van der Waals surface area (Å²) in [5.41, 5.74) is 2.66. The Morgan fingerprint density at radius 1 is 1.00 bits per heavy atom. The smallest absolute Gasteiger partial charge is 0.253 e. The molecule has 5 heteroatoms. The first-order chi connectivity index (χ1) is 15.6. The van der Waals surface area contributed by atoms with Crippen LogP contribution >= 0.6 is 0 Å². The van der Waals surface area contributed by atoms with Gasteiger partial charge >= 0.3 is 0 Å². The second-order valence-electron chi connectivity index (χ2n) is 9.63. The van der Waals surface area contributed by atoms with Crippen LogP contribution in [0.15, 0.2) is 66.4 Å². The van der Waals surface area contributed by atoms with E-state index >= 15 is 0 Å². The minimum Gasteiger partial charge on any atom is -0.384 e. The number of halogens is 1. The van der Waals surface area contributed by atoms with E-state index in [-0.39, 0.29) is 11.7 Å².